The normalized spacial score (nSPS) is 17.6. The van der Waals surface area contributed by atoms with Crippen LogP contribution in [0.1, 0.15) is 25.7 Å². The highest BCUT2D eigenvalue weighted by atomic mass is 32.2. The van der Waals surface area contributed by atoms with Crippen molar-refractivity contribution in [1.29, 1.82) is 0 Å². The van der Waals surface area contributed by atoms with E-state index in [4.69, 9.17) is 9.29 Å². The molecule has 1 fully saturated rings. The van der Waals surface area contributed by atoms with Crippen LogP contribution in [0.15, 0.2) is 29.2 Å². The molecule has 0 unspecified atom stereocenters. The Bertz CT molecular complexity index is 443. The molecule has 1 aromatic carbocycles. The van der Waals surface area contributed by atoms with Crippen LogP contribution < -0.4 is 4.74 Å². The topological polar surface area (TPSA) is 63.6 Å². The standard InChI is InChI=1S/C11H14O4S/c12-16(13,14)11-7-5-10(6-8-11)15-9-3-1-2-4-9/h5-9H,1-4H2,(H,12,13,14). The summed E-state index contributed by atoms with van der Waals surface area (Å²) in [5.74, 6) is 0.652. The van der Waals surface area contributed by atoms with Crippen molar-refractivity contribution in [2.45, 2.75) is 36.7 Å². The molecule has 4 nitrogen and oxygen atoms in total. The molecule has 0 amide bonds. The van der Waals surface area contributed by atoms with Crippen LogP contribution in [-0.4, -0.2) is 19.1 Å². The zero-order chi connectivity index (χ0) is 11.6. The maximum absolute atomic E-state index is 10.8. The molecule has 0 bridgehead atoms. The van der Waals surface area contributed by atoms with E-state index in [0.29, 0.717) is 5.75 Å². The molecule has 1 N–H and O–H groups in total. The van der Waals surface area contributed by atoms with Gasteiger partial charge in [-0.05, 0) is 49.9 Å². The Morgan fingerprint density at radius 3 is 2.19 bits per heavy atom. The third-order valence-corrected chi connectivity index (χ3v) is 3.59. The predicted molar refractivity (Wildman–Crippen MR) is 59.1 cm³/mol. The molecule has 1 aliphatic carbocycles. The van der Waals surface area contributed by atoms with E-state index in [1.807, 2.05) is 0 Å². The fourth-order valence-corrected chi connectivity index (χ4v) is 2.37. The molecule has 88 valence electrons. The summed E-state index contributed by atoms with van der Waals surface area (Å²) in [5, 5.41) is 0. The van der Waals surface area contributed by atoms with Crippen LogP contribution in [0.3, 0.4) is 0 Å². The van der Waals surface area contributed by atoms with E-state index >= 15 is 0 Å². The second kappa shape index (κ2) is 4.43. The van der Waals surface area contributed by atoms with Crippen LogP contribution in [0.4, 0.5) is 0 Å². The number of hydrogen-bond acceptors (Lipinski definition) is 3. The Labute approximate surface area is 95.0 Å². The lowest BCUT2D eigenvalue weighted by Gasteiger charge is -2.12. The maximum atomic E-state index is 10.8. The minimum atomic E-state index is -4.10. The summed E-state index contributed by atoms with van der Waals surface area (Å²) in [5.41, 5.74) is 0. The lowest BCUT2D eigenvalue weighted by atomic mass is 10.3. The van der Waals surface area contributed by atoms with E-state index in [2.05, 4.69) is 0 Å². The van der Waals surface area contributed by atoms with Gasteiger partial charge in [0.25, 0.3) is 10.1 Å². The zero-order valence-corrected chi connectivity index (χ0v) is 9.61. The van der Waals surface area contributed by atoms with E-state index in [1.54, 1.807) is 12.1 Å². The minimum Gasteiger partial charge on any atom is -0.490 e. The summed E-state index contributed by atoms with van der Waals surface area (Å²) in [6, 6.07) is 5.84. The first-order valence-corrected chi connectivity index (χ1v) is 6.74. The quantitative estimate of drug-likeness (QED) is 0.826. The van der Waals surface area contributed by atoms with Gasteiger partial charge in [-0.1, -0.05) is 0 Å². The zero-order valence-electron chi connectivity index (χ0n) is 8.80. The van der Waals surface area contributed by atoms with Crippen LogP contribution in [0, 0.1) is 0 Å². The van der Waals surface area contributed by atoms with Crippen LogP contribution in [0.25, 0.3) is 0 Å². The van der Waals surface area contributed by atoms with Gasteiger partial charge in [0.15, 0.2) is 0 Å². The first kappa shape index (κ1) is 11.4. The second-order valence-corrected chi connectivity index (χ2v) is 5.39. The van der Waals surface area contributed by atoms with Crippen LogP contribution in [0.2, 0.25) is 0 Å². The average molecular weight is 242 g/mol. The summed E-state index contributed by atoms with van der Waals surface area (Å²) >= 11 is 0. The fraction of sp³-hybridized carbons (Fsp3) is 0.455. The highest BCUT2D eigenvalue weighted by Gasteiger charge is 2.16. The highest BCUT2D eigenvalue weighted by molar-refractivity contribution is 7.85. The van der Waals surface area contributed by atoms with Gasteiger partial charge in [0.1, 0.15) is 5.75 Å². The molecule has 1 aromatic rings. The molecule has 0 aliphatic heterocycles. The molecule has 0 spiro atoms. The molecule has 0 saturated heterocycles. The van der Waals surface area contributed by atoms with E-state index in [0.717, 1.165) is 12.8 Å². The van der Waals surface area contributed by atoms with Gasteiger partial charge in [0.05, 0.1) is 11.0 Å². The fourth-order valence-electron chi connectivity index (χ4n) is 1.89. The van der Waals surface area contributed by atoms with E-state index in [-0.39, 0.29) is 11.0 Å². The van der Waals surface area contributed by atoms with Gasteiger partial charge in [0, 0.05) is 0 Å². The van der Waals surface area contributed by atoms with Gasteiger partial charge in [-0.15, -0.1) is 0 Å². The van der Waals surface area contributed by atoms with Crippen molar-refractivity contribution in [1.82, 2.24) is 0 Å². The van der Waals surface area contributed by atoms with Crippen molar-refractivity contribution in [3.63, 3.8) is 0 Å². The predicted octanol–water partition coefficient (Wildman–Crippen LogP) is 2.25. The lowest BCUT2D eigenvalue weighted by Crippen LogP contribution is -2.10. The number of rotatable bonds is 3. The molecule has 1 saturated carbocycles. The van der Waals surface area contributed by atoms with Crippen LogP contribution in [-0.2, 0) is 10.1 Å². The monoisotopic (exact) mass is 242 g/mol. The Morgan fingerprint density at radius 1 is 1.12 bits per heavy atom. The third-order valence-electron chi connectivity index (χ3n) is 2.73. The molecular formula is C11H14O4S. The van der Waals surface area contributed by atoms with Crippen molar-refractivity contribution >= 4 is 10.1 Å². The van der Waals surface area contributed by atoms with Crippen molar-refractivity contribution in [2.75, 3.05) is 0 Å². The molecule has 0 aromatic heterocycles. The Morgan fingerprint density at radius 2 is 1.69 bits per heavy atom. The van der Waals surface area contributed by atoms with Crippen LogP contribution >= 0.6 is 0 Å². The summed E-state index contributed by atoms with van der Waals surface area (Å²) in [6.45, 7) is 0. The van der Waals surface area contributed by atoms with Crippen molar-refractivity contribution in [3.8, 4) is 5.75 Å². The Balaban J connectivity index is 2.07. The molecule has 0 heterocycles. The average Bonchev–Trinajstić information content (AvgIpc) is 2.70. The number of ether oxygens (including phenoxy) is 1. The number of hydrogen-bond donors (Lipinski definition) is 1. The first-order valence-electron chi connectivity index (χ1n) is 5.30. The minimum absolute atomic E-state index is 0.105. The largest absolute Gasteiger partial charge is 0.490 e. The van der Waals surface area contributed by atoms with Gasteiger partial charge in [-0.3, -0.25) is 4.55 Å². The van der Waals surface area contributed by atoms with Gasteiger partial charge < -0.3 is 4.74 Å². The molecule has 0 radical (unpaired) electrons. The van der Waals surface area contributed by atoms with Crippen molar-refractivity contribution in [3.05, 3.63) is 24.3 Å². The van der Waals surface area contributed by atoms with Crippen molar-refractivity contribution < 1.29 is 17.7 Å². The molecule has 16 heavy (non-hydrogen) atoms. The van der Waals surface area contributed by atoms with Crippen molar-refractivity contribution in [2.24, 2.45) is 0 Å². The van der Waals surface area contributed by atoms with E-state index < -0.39 is 10.1 Å². The Kier molecular flexibility index (Phi) is 3.16. The number of benzene rings is 1. The molecule has 0 atom stereocenters. The lowest BCUT2D eigenvalue weighted by molar-refractivity contribution is 0.210. The van der Waals surface area contributed by atoms with Gasteiger partial charge in [-0.2, -0.15) is 8.42 Å². The van der Waals surface area contributed by atoms with E-state index in [9.17, 15) is 8.42 Å². The first-order chi connectivity index (χ1) is 7.55. The van der Waals surface area contributed by atoms with E-state index in [1.165, 1.54) is 25.0 Å². The molecule has 1 aliphatic rings. The summed E-state index contributed by atoms with van der Waals surface area (Å²) in [4.78, 5) is -0.105. The molecule has 2 rings (SSSR count). The summed E-state index contributed by atoms with van der Waals surface area (Å²) in [6.07, 6.45) is 4.73. The van der Waals surface area contributed by atoms with Crippen LogP contribution in [0.5, 0.6) is 5.75 Å². The SMILES string of the molecule is O=S(=O)(O)c1ccc(OC2CCCC2)cc1. The smallest absolute Gasteiger partial charge is 0.294 e. The summed E-state index contributed by atoms with van der Waals surface area (Å²) in [7, 11) is -4.10. The Hall–Kier alpha value is -1.07. The summed E-state index contributed by atoms with van der Waals surface area (Å²) < 4.78 is 36.1. The maximum Gasteiger partial charge on any atom is 0.294 e. The van der Waals surface area contributed by atoms with Gasteiger partial charge in [-0.25, -0.2) is 0 Å². The molecular weight excluding hydrogens is 228 g/mol. The second-order valence-electron chi connectivity index (χ2n) is 3.97. The molecule has 5 heteroatoms. The highest BCUT2D eigenvalue weighted by Crippen LogP contribution is 2.24. The van der Waals surface area contributed by atoms with Gasteiger partial charge >= 0.3 is 0 Å². The third kappa shape index (κ3) is 2.74. The van der Waals surface area contributed by atoms with Gasteiger partial charge in [0.2, 0.25) is 0 Å².